The first-order valence-corrected chi connectivity index (χ1v) is 9.41. The van der Waals surface area contributed by atoms with Crippen molar-refractivity contribution in [1.82, 2.24) is 14.5 Å². The highest BCUT2D eigenvalue weighted by Gasteiger charge is 2.14. The monoisotopic (exact) mass is 375 g/mol. The number of carbonyl (C=O) groups excluding carboxylic acids is 1. The van der Waals surface area contributed by atoms with Gasteiger partial charge in [-0.15, -0.1) is 0 Å². The van der Waals surface area contributed by atoms with Crippen LogP contribution in [0.25, 0.3) is 33.5 Å². The highest BCUT2D eigenvalue weighted by molar-refractivity contribution is 7.15. The molecule has 0 bridgehead atoms. The number of rotatable bonds is 5. The van der Waals surface area contributed by atoms with E-state index >= 15 is 0 Å². The molecule has 0 fully saturated rings. The lowest BCUT2D eigenvalue weighted by Gasteiger charge is -1.99. The van der Waals surface area contributed by atoms with Crippen molar-refractivity contribution in [2.75, 3.05) is 6.61 Å². The number of hydrogen-bond acceptors (Lipinski definition) is 5. The van der Waals surface area contributed by atoms with Crippen molar-refractivity contribution >= 4 is 34.4 Å². The topological polar surface area (TPSA) is 57.0 Å². The van der Waals surface area contributed by atoms with Gasteiger partial charge in [-0.2, -0.15) is 0 Å². The lowest BCUT2D eigenvalue weighted by molar-refractivity contribution is -0.137. The molecule has 0 atom stereocenters. The first-order chi connectivity index (χ1) is 13.3. The minimum atomic E-state index is -0.362. The maximum absolute atomic E-state index is 11.7. The molecule has 5 nitrogen and oxygen atoms in total. The summed E-state index contributed by atoms with van der Waals surface area (Å²) in [5, 5.41) is 0.797. The molecule has 0 aliphatic rings. The molecule has 0 aliphatic heterocycles. The molecular formula is C21H17N3O2S. The minimum Gasteiger partial charge on any atom is -0.463 e. The van der Waals surface area contributed by atoms with Crippen LogP contribution < -0.4 is 0 Å². The Hall–Kier alpha value is -3.25. The van der Waals surface area contributed by atoms with Crippen LogP contribution in [0.5, 0.6) is 0 Å². The molecule has 2 aromatic carbocycles. The van der Waals surface area contributed by atoms with Gasteiger partial charge in [0.25, 0.3) is 0 Å². The van der Waals surface area contributed by atoms with Crippen molar-refractivity contribution < 1.29 is 9.53 Å². The second-order valence-electron chi connectivity index (χ2n) is 5.76. The van der Waals surface area contributed by atoms with Gasteiger partial charge in [0.05, 0.1) is 28.2 Å². The van der Waals surface area contributed by atoms with Crippen molar-refractivity contribution in [1.29, 1.82) is 0 Å². The van der Waals surface area contributed by atoms with Gasteiger partial charge < -0.3 is 4.74 Å². The van der Waals surface area contributed by atoms with E-state index < -0.39 is 0 Å². The van der Waals surface area contributed by atoms with E-state index in [-0.39, 0.29) is 5.97 Å². The summed E-state index contributed by atoms with van der Waals surface area (Å²) in [6, 6.07) is 17.9. The number of ether oxygens (including phenoxy) is 1. The highest BCUT2D eigenvalue weighted by atomic mass is 32.1. The second kappa shape index (κ2) is 7.55. The van der Waals surface area contributed by atoms with Gasteiger partial charge in [-0.1, -0.05) is 53.8 Å². The number of esters is 1. The van der Waals surface area contributed by atoms with Gasteiger partial charge in [-0.05, 0) is 25.1 Å². The van der Waals surface area contributed by atoms with Gasteiger partial charge in [-0.3, -0.25) is 4.57 Å². The van der Waals surface area contributed by atoms with E-state index in [1.807, 2.05) is 59.2 Å². The van der Waals surface area contributed by atoms with E-state index in [0.29, 0.717) is 6.61 Å². The molecular weight excluding hydrogens is 358 g/mol. The van der Waals surface area contributed by atoms with E-state index in [1.54, 1.807) is 19.3 Å². The Morgan fingerprint density at radius 2 is 1.93 bits per heavy atom. The summed E-state index contributed by atoms with van der Waals surface area (Å²) < 4.78 is 6.96. The Morgan fingerprint density at radius 3 is 2.74 bits per heavy atom. The second-order valence-corrected chi connectivity index (χ2v) is 6.77. The molecule has 0 aliphatic carbocycles. The Labute approximate surface area is 160 Å². The summed E-state index contributed by atoms with van der Waals surface area (Å²) in [5.74, 6) is -0.362. The Balaban J connectivity index is 1.81. The molecule has 4 aromatic rings. The number of benzene rings is 2. The zero-order chi connectivity index (χ0) is 18.6. The molecule has 0 unspecified atom stereocenters. The summed E-state index contributed by atoms with van der Waals surface area (Å²) >= 11 is 1.50. The Kier molecular flexibility index (Phi) is 4.80. The molecule has 0 spiro atoms. The van der Waals surface area contributed by atoms with Crippen LogP contribution in [0.15, 0.2) is 67.0 Å². The lowest BCUT2D eigenvalue weighted by Crippen LogP contribution is -1.98. The summed E-state index contributed by atoms with van der Waals surface area (Å²) in [4.78, 5) is 21.9. The number of fused-ring (bicyclic) bond motifs is 1. The molecule has 0 saturated carbocycles. The Bertz CT molecular complexity index is 1110. The van der Waals surface area contributed by atoms with Crippen LogP contribution in [-0.2, 0) is 9.53 Å². The number of nitrogens with zero attached hydrogens (tertiary/aromatic N) is 3. The third-order valence-electron chi connectivity index (χ3n) is 4.01. The van der Waals surface area contributed by atoms with Crippen molar-refractivity contribution in [2.24, 2.45) is 0 Å². The maximum Gasteiger partial charge on any atom is 0.330 e. The van der Waals surface area contributed by atoms with Gasteiger partial charge in [0.2, 0.25) is 0 Å². The van der Waals surface area contributed by atoms with Gasteiger partial charge in [0.15, 0.2) is 5.13 Å². The van der Waals surface area contributed by atoms with Crippen LogP contribution in [0.1, 0.15) is 11.8 Å². The Morgan fingerprint density at radius 1 is 1.15 bits per heavy atom. The van der Waals surface area contributed by atoms with Gasteiger partial charge >= 0.3 is 5.97 Å². The molecule has 0 amide bonds. The number of hydrogen-bond donors (Lipinski definition) is 0. The number of carbonyl (C=O) groups is 1. The molecule has 0 radical (unpaired) electrons. The highest BCUT2D eigenvalue weighted by Crippen LogP contribution is 2.32. The fourth-order valence-electron chi connectivity index (χ4n) is 2.78. The fourth-order valence-corrected chi connectivity index (χ4v) is 3.76. The van der Waals surface area contributed by atoms with Crippen LogP contribution in [0, 0.1) is 0 Å². The molecule has 134 valence electrons. The normalized spacial score (nSPS) is 11.3. The van der Waals surface area contributed by atoms with Gasteiger partial charge in [-0.25, -0.2) is 14.8 Å². The molecule has 0 N–H and O–H groups in total. The predicted molar refractivity (Wildman–Crippen MR) is 108 cm³/mol. The quantitative estimate of drug-likeness (QED) is 0.374. The average Bonchev–Trinajstić information content (AvgIpc) is 3.31. The van der Waals surface area contributed by atoms with Crippen LogP contribution in [0.3, 0.4) is 0 Å². The van der Waals surface area contributed by atoms with Crippen molar-refractivity contribution in [3.05, 3.63) is 71.9 Å². The standard InChI is InChI=1S/C21H17N3O2S/c1-2-26-19(25)13-12-18-20(15-8-4-3-5-9-15)23-21(27-18)24-14-22-16-10-6-7-11-17(16)24/h3-14H,2H2,1H3. The number of thiazole rings is 1. The lowest BCUT2D eigenvalue weighted by atomic mass is 10.1. The van der Waals surface area contributed by atoms with E-state index in [2.05, 4.69) is 4.98 Å². The third-order valence-corrected chi connectivity index (χ3v) is 5.03. The summed E-state index contributed by atoms with van der Waals surface area (Å²) in [6.07, 6.45) is 4.98. The summed E-state index contributed by atoms with van der Waals surface area (Å²) in [7, 11) is 0. The van der Waals surface area contributed by atoms with Crippen LogP contribution in [-0.4, -0.2) is 27.1 Å². The van der Waals surface area contributed by atoms with Crippen LogP contribution in [0.2, 0.25) is 0 Å². The fraction of sp³-hybridized carbons (Fsp3) is 0.0952. The van der Waals surface area contributed by atoms with Crippen molar-refractivity contribution in [3.63, 3.8) is 0 Å². The zero-order valence-electron chi connectivity index (χ0n) is 14.7. The minimum absolute atomic E-state index is 0.351. The largest absolute Gasteiger partial charge is 0.463 e. The average molecular weight is 375 g/mol. The smallest absolute Gasteiger partial charge is 0.330 e. The zero-order valence-corrected chi connectivity index (χ0v) is 15.5. The van der Waals surface area contributed by atoms with Crippen LogP contribution >= 0.6 is 11.3 Å². The first-order valence-electron chi connectivity index (χ1n) is 8.60. The van der Waals surface area contributed by atoms with E-state index in [9.17, 15) is 4.79 Å². The SMILES string of the molecule is CCOC(=O)C=Cc1sc(-n2cnc3ccccc32)nc1-c1ccccc1. The summed E-state index contributed by atoms with van der Waals surface area (Å²) in [5.41, 5.74) is 3.73. The molecule has 0 saturated heterocycles. The summed E-state index contributed by atoms with van der Waals surface area (Å²) in [6.45, 7) is 2.14. The van der Waals surface area contributed by atoms with Gasteiger partial charge in [0, 0.05) is 11.6 Å². The molecule has 2 heterocycles. The van der Waals surface area contributed by atoms with E-state index in [4.69, 9.17) is 9.72 Å². The molecule has 27 heavy (non-hydrogen) atoms. The van der Waals surface area contributed by atoms with E-state index in [0.717, 1.165) is 32.3 Å². The maximum atomic E-state index is 11.7. The van der Waals surface area contributed by atoms with E-state index in [1.165, 1.54) is 17.4 Å². The number of para-hydroxylation sites is 2. The predicted octanol–water partition coefficient (Wildman–Crippen LogP) is 4.73. The molecule has 6 heteroatoms. The molecule has 4 rings (SSSR count). The first kappa shape index (κ1) is 17.2. The molecule has 2 aromatic heterocycles. The number of aromatic nitrogens is 3. The van der Waals surface area contributed by atoms with Gasteiger partial charge in [0.1, 0.15) is 6.33 Å². The number of imidazole rings is 1. The van der Waals surface area contributed by atoms with Crippen molar-refractivity contribution in [2.45, 2.75) is 6.92 Å². The third kappa shape index (κ3) is 3.52. The van der Waals surface area contributed by atoms with Crippen molar-refractivity contribution in [3.8, 4) is 16.4 Å². The van der Waals surface area contributed by atoms with Crippen LogP contribution in [0.4, 0.5) is 0 Å².